The summed E-state index contributed by atoms with van der Waals surface area (Å²) >= 11 is 0. The van der Waals surface area contributed by atoms with Gasteiger partial charge in [-0.15, -0.1) is 0 Å². The summed E-state index contributed by atoms with van der Waals surface area (Å²) in [7, 11) is 1.62. The summed E-state index contributed by atoms with van der Waals surface area (Å²) in [5.41, 5.74) is 5.78. The number of nitrogens with two attached hydrogens (primary N) is 1. The molecule has 0 aliphatic rings. The highest BCUT2D eigenvalue weighted by Gasteiger charge is 2.15. The molecule has 0 fully saturated rings. The van der Waals surface area contributed by atoms with Crippen LogP contribution in [-0.4, -0.2) is 33.5 Å². The van der Waals surface area contributed by atoms with Crippen molar-refractivity contribution in [2.75, 3.05) is 11.9 Å². The van der Waals surface area contributed by atoms with E-state index >= 15 is 0 Å². The number of anilines is 1. The van der Waals surface area contributed by atoms with Crippen LogP contribution in [0.4, 0.5) is 10.6 Å². The predicted molar refractivity (Wildman–Crippen MR) is 65.5 cm³/mol. The predicted octanol–water partition coefficient (Wildman–Crippen LogP) is 0.719. The van der Waals surface area contributed by atoms with Gasteiger partial charge in [-0.1, -0.05) is 19.0 Å². The molecular weight excluding hydrogens is 238 g/mol. The summed E-state index contributed by atoms with van der Waals surface area (Å²) in [4.78, 5) is 11.5. The SMILES string of the molecule is CC(C)COC(=O)Nc1c(C(N)=NO)cnn1C. The second-order valence-electron chi connectivity index (χ2n) is 4.13. The average Bonchev–Trinajstić information content (AvgIpc) is 2.68. The molecular formula is C10H17N5O3. The molecule has 0 saturated heterocycles. The lowest BCUT2D eigenvalue weighted by Gasteiger charge is -2.10. The molecule has 0 saturated carbocycles. The molecule has 0 aliphatic carbocycles. The second-order valence-corrected chi connectivity index (χ2v) is 4.13. The zero-order valence-corrected chi connectivity index (χ0v) is 10.5. The van der Waals surface area contributed by atoms with Crippen LogP contribution in [0.2, 0.25) is 0 Å². The van der Waals surface area contributed by atoms with Gasteiger partial charge in [-0.3, -0.25) is 10.00 Å². The van der Waals surface area contributed by atoms with E-state index in [-0.39, 0.29) is 11.8 Å². The van der Waals surface area contributed by atoms with Crippen molar-refractivity contribution in [3.63, 3.8) is 0 Å². The first-order valence-electron chi connectivity index (χ1n) is 5.39. The molecule has 4 N–H and O–H groups in total. The summed E-state index contributed by atoms with van der Waals surface area (Å²) in [6.45, 7) is 4.17. The molecule has 1 aromatic rings. The van der Waals surface area contributed by atoms with Gasteiger partial charge in [0.1, 0.15) is 5.82 Å². The Kier molecular flexibility index (Phi) is 4.52. The number of aromatic nitrogens is 2. The van der Waals surface area contributed by atoms with Gasteiger partial charge < -0.3 is 15.7 Å². The van der Waals surface area contributed by atoms with Gasteiger partial charge in [0.25, 0.3) is 0 Å². The first-order chi connectivity index (χ1) is 8.45. The molecule has 0 aromatic carbocycles. The fourth-order valence-electron chi connectivity index (χ4n) is 1.20. The molecule has 8 heteroatoms. The third kappa shape index (κ3) is 3.37. The Labute approximate surface area is 104 Å². The Morgan fingerprint density at radius 1 is 1.72 bits per heavy atom. The van der Waals surface area contributed by atoms with E-state index in [0.717, 1.165) is 0 Å². The smallest absolute Gasteiger partial charge is 0.412 e. The van der Waals surface area contributed by atoms with Gasteiger partial charge in [0.05, 0.1) is 18.4 Å². The fraction of sp³-hybridized carbons (Fsp3) is 0.500. The number of amides is 1. The van der Waals surface area contributed by atoms with Crippen molar-refractivity contribution in [2.24, 2.45) is 23.9 Å². The molecule has 1 rings (SSSR count). The maximum absolute atomic E-state index is 11.5. The highest BCUT2D eigenvalue weighted by molar-refractivity contribution is 6.03. The van der Waals surface area contributed by atoms with Crippen LogP contribution in [0.5, 0.6) is 0 Å². The summed E-state index contributed by atoms with van der Waals surface area (Å²) < 4.78 is 6.36. The summed E-state index contributed by atoms with van der Waals surface area (Å²) in [5.74, 6) is 0.409. The molecule has 1 aromatic heterocycles. The van der Waals surface area contributed by atoms with E-state index in [1.54, 1.807) is 7.05 Å². The number of nitrogens with zero attached hydrogens (tertiary/aromatic N) is 3. The van der Waals surface area contributed by atoms with Crippen LogP contribution in [-0.2, 0) is 11.8 Å². The second kappa shape index (κ2) is 5.89. The molecule has 0 bridgehead atoms. The number of hydrogen-bond acceptors (Lipinski definition) is 5. The molecule has 0 spiro atoms. The van der Waals surface area contributed by atoms with E-state index in [2.05, 4.69) is 15.6 Å². The van der Waals surface area contributed by atoms with E-state index in [9.17, 15) is 4.79 Å². The maximum atomic E-state index is 11.5. The minimum Gasteiger partial charge on any atom is -0.449 e. The maximum Gasteiger partial charge on any atom is 0.412 e. The first kappa shape index (κ1) is 13.8. The Hall–Kier alpha value is -2.25. The Morgan fingerprint density at radius 3 is 2.94 bits per heavy atom. The number of aryl methyl sites for hydroxylation is 1. The quantitative estimate of drug-likeness (QED) is 0.317. The van der Waals surface area contributed by atoms with Gasteiger partial charge in [-0.25, -0.2) is 4.79 Å². The Balaban J connectivity index is 2.78. The minimum absolute atomic E-state index is 0.137. The number of oxime groups is 1. The van der Waals surface area contributed by atoms with E-state index in [0.29, 0.717) is 18.0 Å². The van der Waals surface area contributed by atoms with Gasteiger partial charge in [0.2, 0.25) is 0 Å². The van der Waals surface area contributed by atoms with Crippen LogP contribution in [0.1, 0.15) is 19.4 Å². The largest absolute Gasteiger partial charge is 0.449 e. The molecule has 0 unspecified atom stereocenters. The molecule has 8 nitrogen and oxygen atoms in total. The molecule has 100 valence electrons. The van der Waals surface area contributed by atoms with E-state index in [1.165, 1.54) is 10.9 Å². The highest BCUT2D eigenvalue weighted by Crippen LogP contribution is 2.14. The number of rotatable bonds is 4. The molecule has 18 heavy (non-hydrogen) atoms. The zero-order valence-electron chi connectivity index (χ0n) is 10.5. The van der Waals surface area contributed by atoms with Gasteiger partial charge >= 0.3 is 6.09 Å². The van der Waals surface area contributed by atoms with Crippen molar-refractivity contribution in [3.05, 3.63) is 11.8 Å². The van der Waals surface area contributed by atoms with Crippen LogP contribution in [0.25, 0.3) is 0 Å². The first-order valence-corrected chi connectivity index (χ1v) is 5.39. The topological polar surface area (TPSA) is 115 Å². The average molecular weight is 255 g/mol. The van der Waals surface area contributed by atoms with Gasteiger partial charge in [0, 0.05) is 7.05 Å². The van der Waals surface area contributed by atoms with E-state index < -0.39 is 6.09 Å². The number of hydrogen-bond donors (Lipinski definition) is 3. The lowest BCUT2D eigenvalue weighted by Crippen LogP contribution is -2.21. The lowest BCUT2D eigenvalue weighted by atomic mass is 10.2. The normalized spacial score (nSPS) is 11.7. The van der Waals surface area contributed by atoms with E-state index in [1.807, 2.05) is 13.8 Å². The monoisotopic (exact) mass is 255 g/mol. The molecule has 1 heterocycles. The van der Waals surface area contributed by atoms with E-state index in [4.69, 9.17) is 15.7 Å². The third-order valence-corrected chi connectivity index (χ3v) is 2.09. The standard InChI is InChI=1S/C10H17N5O3/c1-6(2)5-18-10(16)13-9-7(8(11)14-17)4-12-15(9)3/h4,6,17H,5H2,1-3H3,(H2,11,14)(H,13,16). The van der Waals surface area contributed by atoms with Crippen LogP contribution in [0.15, 0.2) is 11.4 Å². The number of ether oxygens (including phenoxy) is 1. The highest BCUT2D eigenvalue weighted by atomic mass is 16.5. The summed E-state index contributed by atoms with van der Waals surface area (Å²) in [6, 6.07) is 0. The van der Waals surface area contributed by atoms with Crippen molar-refractivity contribution in [1.29, 1.82) is 0 Å². The zero-order chi connectivity index (χ0) is 13.7. The van der Waals surface area contributed by atoms with Crippen LogP contribution in [0, 0.1) is 5.92 Å². The summed E-state index contributed by atoms with van der Waals surface area (Å²) in [5, 5.41) is 17.9. The Morgan fingerprint density at radius 2 is 2.39 bits per heavy atom. The molecule has 0 radical (unpaired) electrons. The van der Waals surface area contributed by atoms with Crippen molar-refractivity contribution >= 4 is 17.7 Å². The Bertz CT molecular complexity index is 452. The van der Waals surface area contributed by atoms with Crippen molar-refractivity contribution in [3.8, 4) is 0 Å². The lowest BCUT2D eigenvalue weighted by molar-refractivity contribution is 0.147. The third-order valence-electron chi connectivity index (χ3n) is 2.09. The number of carbonyl (C=O) groups is 1. The van der Waals surface area contributed by atoms with Gasteiger partial charge in [0.15, 0.2) is 5.84 Å². The van der Waals surface area contributed by atoms with Gasteiger partial charge in [-0.2, -0.15) is 5.10 Å². The van der Waals surface area contributed by atoms with Gasteiger partial charge in [-0.05, 0) is 5.92 Å². The van der Waals surface area contributed by atoms with Crippen LogP contribution < -0.4 is 11.1 Å². The van der Waals surface area contributed by atoms with Crippen LogP contribution >= 0.6 is 0 Å². The number of nitrogens with one attached hydrogen (secondary N) is 1. The number of carbonyl (C=O) groups excluding carboxylic acids is 1. The minimum atomic E-state index is -0.612. The molecule has 0 aliphatic heterocycles. The number of amidine groups is 1. The van der Waals surface area contributed by atoms with Crippen molar-refractivity contribution in [1.82, 2.24) is 9.78 Å². The molecule has 0 atom stereocenters. The van der Waals surface area contributed by atoms with Crippen molar-refractivity contribution < 1.29 is 14.7 Å². The van der Waals surface area contributed by atoms with Crippen LogP contribution in [0.3, 0.4) is 0 Å². The fourth-order valence-corrected chi connectivity index (χ4v) is 1.20. The summed E-state index contributed by atoms with van der Waals surface area (Å²) in [6.07, 6.45) is 0.770. The molecule has 1 amide bonds. The van der Waals surface area contributed by atoms with Crippen molar-refractivity contribution in [2.45, 2.75) is 13.8 Å².